The summed E-state index contributed by atoms with van der Waals surface area (Å²) in [7, 11) is 1.62. The molecular formula is C22H20N4O2. The molecule has 2 heterocycles. The Morgan fingerprint density at radius 1 is 1.00 bits per heavy atom. The van der Waals surface area contributed by atoms with E-state index in [0.29, 0.717) is 22.8 Å². The summed E-state index contributed by atoms with van der Waals surface area (Å²) in [6.07, 6.45) is 1.84. The summed E-state index contributed by atoms with van der Waals surface area (Å²) in [6.45, 7) is 4.06. The lowest BCUT2D eigenvalue weighted by atomic mass is 10.1. The number of nitrogens with one attached hydrogen (secondary N) is 1. The van der Waals surface area contributed by atoms with Crippen LogP contribution in [0.3, 0.4) is 0 Å². The van der Waals surface area contributed by atoms with Crippen molar-refractivity contribution in [3.8, 4) is 17.1 Å². The minimum atomic E-state index is -0.229. The van der Waals surface area contributed by atoms with Crippen LogP contribution in [0.5, 0.6) is 5.75 Å². The Bertz CT molecular complexity index is 1180. The Morgan fingerprint density at radius 2 is 1.82 bits per heavy atom. The summed E-state index contributed by atoms with van der Waals surface area (Å²) in [6, 6.07) is 17.0. The fraction of sp³-hybridized carbons (Fsp3) is 0.136. The van der Waals surface area contributed by atoms with Gasteiger partial charge in [0.2, 0.25) is 0 Å². The first-order valence-corrected chi connectivity index (χ1v) is 8.94. The predicted molar refractivity (Wildman–Crippen MR) is 109 cm³/mol. The fourth-order valence-corrected chi connectivity index (χ4v) is 3.12. The van der Waals surface area contributed by atoms with Gasteiger partial charge in [0.15, 0.2) is 11.5 Å². The number of benzene rings is 2. The molecule has 28 heavy (non-hydrogen) atoms. The van der Waals surface area contributed by atoms with Crippen molar-refractivity contribution in [3.05, 3.63) is 77.5 Å². The molecule has 2 aromatic heterocycles. The smallest absolute Gasteiger partial charge is 0.259 e. The molecule has 4 aromatic rings. The molecule has 0 bridgehead atoms. The summed E-state index contributed by atoms with van der Waals surface area (Å²) in [5, 5.41) is 11.5. The number of anilines is 1. The van der Waals surface area contributed by atoms with Crippen molar-refractivity contribution < 1.29 is 9.53 Å². The largest absolute Gasteiger partial charge is 0.496 e. The van der Waals surface area contributed by atoms with Crippen LogP contribution in [-0.4, -0.2) is 27.6 Å². The second kappa shape index (κ2) is 7.15. The molecule has 0 saturated carbocycles. The van der Waals surface area contributed by atoms with E-state index < -0.39 is 0 Å². The highest BCUT2D eigenvalue weighted by atomic mass is 16.5. The number of amides is 1. The van der Waals surface area contributed by atoms with Crippen molar-refractivity contribution in [3.63, 3.8) is 0 Å². The van der Waals surface area contributed by atoms with Crippen LogP contribution < -0.4 is 10.1 Å². The molecule has 1 N–H and O–H groups in total. The zero-order valence-electron chi connectivity index (χ0n) is 15.9. The number of carbonyl (C=O) groups is 1. The number of rotatable bonds is 4. The normalized spacial score (nSPS) is 10.8. The molecule has 2 aromatic carbocycles. The molecule has 0 radical (unpaired) electrons. The van der Waals surface area contributed by atoms with E-state index in [2.05, 4.69) is 15.5 Å². The summed E-state index contributed by atoms with van der Waals surface area (Å²) in [4.78, 5) is 12.9. The van der Waals surface area contributed by atoms with E-state index in [1.54, 1.807) is 17.6 Å². The average Bonchev–Trinajstić information content (AvgIpc) is 3.14. The maximum Gasteiger partial charge on any atom is 0.259 e. The number of aromatic nitrogens is 3. The number of pyridine rings is 1. The number of para-hydroxylation sites is 1. The number of methoxy groups -OCH3 is 1. The lowest BCUT2D eigenvalue weighted by Crippen LogP contribution is -2.13. The number of hydrogen-bond donors (Lipinski definition) is 1. The van der Waals surface area contributed by atoms with Gasteiger partial charge < -0.3 is 10.1 Å². The predicted octanol–water partition coefficient (Wildman–Crippen LogP) is 4.27. The molecule has 0 spiro atoms. The SMILES string of the molecule is COc1ccccc1-c1nnc2c(C(=O)Nc3ccc(C)c(C)c3)cccn12. The molecule has 0 aliphatic rings. The van der Waals surface area contributed by atoms with Gasteiger partial charge in [0.25, 0.3) is 5.91 Å². The third-order valence-electron chi connectivity index (χ3n) is 4.79. The van der Waals surface area contributed by atoms with Gasteiger partial charge in [-0.2, -0.15) is 0 Å². The first kappa shape index (κ1) is 17.7. The first-order chi connectivity index (χ1) is 13.6. The Kier molecular flexibility index (Phi) is 4.53. The van der Waals surface area contributed by atoms with Crippen molar-refractivity contribution in [1.82, 2.24) is 14.6 Å². The van der Waals surface area contributed by atoms with E-state index in [4.69, 9.17) is 4.74 Å². The van der Waals surface area contributed by atoms with Crippen LogP contribution >= 0.6 is 0 Å². The van der Waals surface area contributed by atoms with E-state index in [-0.39, 0.29) is 5.91 Å². The van der Waals surface area contributed by atoms with Gasteiger partial charge in [0, 0.05) is 11.9 Å². The molecule has 0 fully saturated rings. The lowest BCUT2D eigenvalue weighted by molar-refractivity contribution is 0.102. The van der Waals surface area contributed by atoms with E-state index in [9.17, 15) is 4.79 Å². The molecule has 0 unspecified atom stereocenters. The van der Waals surface area contributed by atoms with E-state index >= 15 is 0 Å². The number of nitrogens with zero attached hydrogens (tertiary/aromatic N) is 3. The van der Waals surface area contributed by atoms with E-state index in [0.717, 1.165) is 16.8 Å². The molecule has 140 valence electrons. The van der Waals surface area contributed by atoms with Gasteiger partial charge in [-0.25, -0.2) is 0 Å². The molecule has 6 heteroatoms. The minimum absolute atomic E-state index is 0.229. The van der Waals surface area contributed by atoms with Gasteiger partial charge in [-0.3, -0.25) is 9.20 Å². The Labute approximate surface area is 162 Å². The van der Waals surface area contributed by atoms with Gasteiger partial charge in [0.05, 0.1) is 18.2 Å². The molecule has 4 rings (SSSR count). The minimum Gasteiger partial charge on any atom is -0.496 e. The summed E-state index contributed by atoms with van der Waals surface area (Å²) >= 11 is 0. The van der Waals surface area contributed by atoms with Crippen LogP contribution in [0.25, 0.3) is 17.0 Å². The molecule has 1 amide bonds. The van der Waals surface area contributed by atoms with Crippen molar-refractivity contribution in [2.45, 2.75) is 13.8 Å². The molecule has 0 aliphatic heterocycles. The van der Waals surface area contributed by atoms with Crippen molar-refractivity contribution in [2.24, 2.45) is 0 Å². The topological polar surface area (TPSA) is 68.5 Å². The summed E-state index contributed by atoms with van der Waals surface area (Å²) < 4.78 is 7.23. The van der Waals surface area contributed by atoms with E-state index in [1.165, 1.54) is 5.56 Å². The first-order valence-electron chi connectivity index (χ1n) is 8.94. The lowest BCUT2D eigenvalue weighted by Gasteiger charge is -2.09. The van der Waals surface area contributed by atoms with Crippen LogP contribution in [0.15, 0.2) is 60.8 Å². The van der Waals surface area contributed by atoms with Crippen LogP contribution in [0.4, 0.5) is 5.69 Å². The zero-order chi connectivity index (χ0) is 19.7. The van der Waals surface area contributed by atoms with E-state index in [1.807, 2.05) is 68.6 Å². The van der Waals surface area contributed by atoms with Gasteiger partial charge in [0.1, 0.15) is 5.75 Å². The summed E-state index contributed by atoms with van der Waals surface area (Å²) in [5.41, 5.74) is 4.80. The number of ether oxygens (including phenoxy) is 1. The Morgan fingerprint density at radius 3 is 2.61 bits per heavy atom. The quantitative estimate of drug-likeness (QED) is 0.581. The molecular weight excluding hydrogens is 352 g/mol. The fourth-order valence-electron chi connectivity index (χ4n) is 3.12. The second-order valence-corrected chi connectivity index (χ2v) is 6.59. The highest BCUT2D eigenvalue weighted by Crippen LogP contribution is 2.29. The maximum atomic E-state index is 12.9. The number of carbonyl (C=O) groups excluding carboxylic acids is 1. The highest BCUT2D eigenvalue weighted by Gasteiger charge is 2.18. The Hall–Kier alpha value is -3.67. The maximum absolute atomic E-state index is 12.9. The van der Waals surface area contributed by atoms with Gasteiger partial charge in [-0.15, -0.1) is 10.2 Å². The standard InChI is InChI=1S/C22H20N4O2/c1-14-10-11-16(13-15(14)2)23-22(27)18-8-6-12-26-20(24-25-21(18)26)17-7-4-5-9-19(17)28-3/h4-13H,1-3H3,(H,23,27). The third-order valence-corrected chi connectivity index (χ3v) is 4.79. The number of hydrogen-bond acceptors (Lipinski definition) is 4. The number of fused-ring (bicyclic) bond motifs is 1. The van der Waals surface area contributed by atoms with Crippen LogP contribution in [0.1, 0.15) is 21.5 Å². The van der Waals surface area contributed by atoms with Crippen molar-refractivity contribution >= 4 is 17.2 Å². The van der Waals surface area contributed by atoms with Crippen LogP contribution in [0, 0.1) is 13.8 Å². The highest BCUT2D eigenvalue weighted by molar-refractivity contribution is 6.08. The van der Waals surface area contributed by atoms with Gasteiger partial charge in [-0.05, 0) is 61.4 Å². The molecule has 0 saturated heterocycles. The summed E-state index contributed by atoms with van der Waals surface area (Å²) in [5.74, 6) is 1.09. The Balaban J connectivity index is 1.74. The van der Waals surface area contributed by atoms with Crippen LogP contribution in [-0.2, 0) is 0 Å². The molecule has 6 nitrogen and oxygen atoms in total. The van der Waals surface area contributed by atoms with Gasteiger partial charge >= 0.3 is 0 Å². The van der Waals surface area contributed by atoms with Crippen LogP contribution in [0.2, 0.25) is 0 Å². The van der Waals surface area contributed by atoms with Crippen molar-refractivity contribution in [2.75, 3.05) is 12.4 Å². The molecule has 0 aliphatic carbocycles. The number of aryl methyl sites for hydroxylation is 2. The zero-order valence-corrected chi connectivity index (χ0v) is 15.9. The third kappa shape index (κ3) is 3.09. The molecule has 0 atom stereocenters. The van der Waals surface area contributed by atoms with Crippen molar-refractivity contribution in [1.29, 1.82) is 0 Å². The van der Waals surface area contributed by atoms with Gasteiger partial charge in [-0.1, -0.05) is 18.2 Å². The monoisotopic (exact) mass is 372 g/mol. The average molecular weight is 372 g/mol. The second-order valence-electron chi connectivity index (χ2n) is 6.59.